The Bertz CT molecular complexity index is 672. The number of hydrogen-bond acceptors (Lipinski definition) is 4. The molecule has 0 aromatic heterocycles. The molecule has 0 heterocycles. The number of carbonyl (C=O) groups excluding carboxylic acids is 2. The highest BCUT2D eigenvalue weighted by Gasteiger charge is 2.02. The standard InChI is InChI=1S/C17H16N2O3/c1-2-22-17(21)19-16-9-5-14(6-10-16)11-13-3-7-15(8-4-13)18-12-20/h3-10H,2,11H2,1H3,(H,19,21). The first-order chi connectivity index (χ1) is 10.7. The van der Waals surface area contributed by atoms with Gasteiger partial charge >= 0.3 is 6.09 Å². The Morgan fingerprint density at radius 1 is 1.09 bits per heavy atom. The third-order valence-corrected chi connectivity index (χ3v) is 3.00. The summed E-state index contributed by atoms with van der Waals surface area (Å²) in [6.45, 7) is 2.10. The number of isocyanates is 1. The van der Waals surface area contributed by atoms with E-state index in [1.165, 1.54) is 6.08 Å². The van der Waals surface area contributed by atoms with Gasteiger partial charge in [0, 0.05) is 5.69 Å². The molecule has 0 fully saturated rings. The highest BCUT2D eigenvalue weighted by Crippen LogP contribution is 2.17. The zero-order valence-corrected chi connectivity index (χ0v) is 12.2. The van der Waals surface area contributed by atoms with Crippen molar-refractivity contribution in [1.82, 2.24) is 0 Å². The number of carbonyl (C=O) groups is 1. The third kappa shape index (κ3) is 4.58. The largest absolute Gasteiger partial charge is 0.450 e. The normalized spacial score (nSPS) is 9.68. The Morgan fingerprint density at radius 2 is 1.68 bits per heavy atom. The van der Waals surface area contributed by atoms with Crippen LogP contribution < -0.4 is 5.32 Å². The number of nitrogens with one attached hydrogen (secondary N) is 1. The van der Waals surface area contributed by atoms with Crippen LogP contribution >= 0.6 is 0 Å². The van der Waals surface area contributed by atoms with Crippen LogP contribution in [-0.4, -0.2) is 18.8 Å². The van der Waals surface area contributed by atoms with E-state index in [4.69, 9.17) is 4.74 Å². The van der Waals surface area contributed by atoms with Crippen molar-refractivity contribution < 1.29 is 14.3 Å². The molecule has 5 nitrogen and oxygen atoms in total. The molecule has 0 spiro atoms. The van der Waals surface area contributed by atoms with Crippen molar-refractivity contribution in [2.24, 2.45) is 4.99 Å². The molecule has 2 aromatic rings. The summed E-state index contributed by atoms with van der Waals surface area (Å²) in [6, 6.07) is 14.9. The summed E-state index contributed by atoms with van der Waals surface area (Å²) < 4.78 is 4.82. The highest BCUT2D eigenvalue weighted by atomic mass is 16.5. The van der Waals surface area contributed by atoms with Crippen LogP contribution in [0.25, 0.3) is 0 Å². The molecule has 112 valence electrons. The van der Waals surface area contributed by atoms with Crippen LogP contribution in [0.2, 0.25) is 0 Å². The number of amides is 1. The van der Waals surface area contributed by atoms with Crippen molar-refractivity contribution >= 4 is 23.5 Å². The predicted molar refractivity (Wildman–Crippen MR) is 84.1 cm³/mol. The molecule has 0 aliphatic carbocycles. The summed E-state index contributed by atoms with van der Waals surface area (Å²) in [6.07, 6.45) is 1.81. The fraction of sp³-hybridized carbons (Fsp3) is 0.176. The highest BCUT2D eigenvalue weighted by molar-refractivity contribution is 5.84. The van der Waals surface area contributed by atoms with Gasteiger partial charge in [-0.1, -0.05) is 24.3 Å². The summed E-state index contributed by atoms with van der Waals surface area (Å²) in [5.74, 6) is 0. The molecule has 0 saturated heterocycles. The van der Waals surface area contributed by atoms with E-state index in [1.54, 1.807) is 19.1 Å². The third-order valence-electron chi connectivity index (χ3n) is 3.00. The molecular formula is C17H16N2O3. The number of ether oxygens (including phenoxy) is 1. The van der Waals surface area contributed by atoms with E-state index in [2.05, 4.69) is 10.3 Å². The molecule has 22 heavy (non-hydrogen) atoms. The van der Waals surface area contributed by atoms with E-state index in [-0.39, 0.29) is 0 Å². The molecule has 0 radical (unpaired) electrons. The SMILES string of the molecule is CCOC(=O)Nc1ccc(Cc2ccc(N=C=O)cc2)cc1. The van der Waals surface area contributed by atoms with Crippen LogP contribution in [-0.2, 0) is 16.0 Å². The first kappa shape index (κ1) is 15.5. The molecule has 0 aliphatic heterocycles. The number of benzene rings is 2. The summed E-state index contributed by atoms with van der Waals surface area (Å²) in [7, 11) is 0. The topological polar surface area (TPSA) is 67.8 Å². The molecule has 5 heteroatoms. The van der Waals surface area contributed by atoms with E-state index >= 15 is 0 Å². The fourth-order valence-electron chi connectivity index (χ4n) is 1.97. The van der Waals surface area contributed by atoms with Crippen LogP contribution in [0.15, 0.2) is 53.5 Å². The zero-order chi connectivity index (χ0) is 15.8. The van der Waals surface area contributed by atoms with E-state index < -0.39 is 6.09 Å². The maximum atomic E-state index is 11.3. The Labute approximate surface area is 128 Å². The summed E-state index contributed by atoms with van der Waals surface area (Å²) in [5.41, 5.74) is 3.50. The number of rotatable bonds is 5. The van der Waals surface area contributed by atoms with Crippen LogP contribution in [0, 0.1) is 0 Å². The molecule has 0 bridgehead atoms. The van der Waals surface area contributed by atoms with Crippen molar-refractivity contribution in [3.63, 3.8) is 0 Å². The molecule has 0 saturated carbocycles. The quantitative estimate of drug-likeness (QED) is 0.673. The number of anilines is 1. The lowest BCUT2D eigenvalue weighted by atomic mass is 10.0. The Morgan fingerprint density at radius 3 is 2.23 bits per heavy atom. The lowest BCUT2D eigenvalue weighted by molar-refractivity contribution is 0.168. The number of hydrogen-bond donors (Lipinski definition) is 1. The second-order valence-electron chi connectivity index (χ2n) is 4.59. The Hall–Kier alpha value is -2.91. The molecule has 1 amide bonds. The van der Waals surface area contributed by atoms with Crippen molar-refractivity contribution in [2.45, 2.75) is 13.3 Å². The van der Waals surface area contributed by atoms with Gasteiger partial charge in [0.05, 0.1) is 12.3 Å². The van der Waals surface area contributed by atoms with E-state index in [1.807, 2.05) is 36.4 Å². The van der Waals surface area contributed by atoms with Crippen molar-refractivity contribution in [2.75, 3.05) is 11.9 Å². The first-order valence-electron chi connectivity index (χ1n) is 6.91. The zero-order valence-electron chi connectivity index (χ0n) is 12.2. The summed E-state index contributed by atoms with van der Waals surface area (Å²) in [5, 5.41) is 2.65. The predicted octanol–water partition coefficient (Wildman–Crippen LogP) is 3.81. The first-order valence-corrected chi connectivity index (χ1v) is 6.91. The van der Waals surface area contributed by atoms with Crippen LogP contribution in [0.4, 0.5) is 16.2 Å². The molecule has 0 unspecified atom stereocenters. The fourth-order valence-corrected chi connectivity index (χ4v) is 1.97. The molecular weight excluding hydrogens is 280 g/mol. The Kier molecular flexibility index (Phi) is 5.46. The number of nitrogens with zero attached hydrogens (tertiary/aromatic N) is 1. The Balaban J connectivity index is 1.98. The van der Waals surface area contributed by atoms with Crippen LogP contribution in [0.3, 0.4) is 0 Å². The molecule has 0 atom stereocenters. The second-order valence-corrected chi connectivity index (χ2v) is 4.59. The van der Waals surface area contributed by atoms with E-state index in [0.29, 0.717) is 18.0 Å². The van der Waals surface area contributed by atoms with Crippen LogP contribution in [0.5, 0.6) is 0 Å². The minimum absolute atomic E-state index is 0.341. The maximum Gasteiger partial charge on any atom is 0.411 e. The maximum absolute atomic E-state index is 11.3. The van der Waals surface area contributed by atoms with Crippen LogP contribution in [0.1, 0.15) is 18.1 Å². The second kappa shape index (κ2) is 7.76. The molecule has 0 aliphatic rings. The van der Waals surface area contributed by atoms with Gasteiger partial charge in [-0.3, -0.25) is 5.32 Å². The van der Waals surface area contributed by atoms with Gasteiger partial charge in [-0.05, 0) is 48.7 Å². The monoisotopic (exact) mass is 296 g/mol. The van der Waals surface area contributed by atoms with Gasteiger partial charge in [0.2, 0.25) is 6.08 Å². The van der Waals surface area contributed by atoms with Crippen molar-refractivity contribution in [1.29, 1.82) is 0 Å². The van der Waals surface area contributed by atoms with E-state index in [9.17, 15) is 9.59 Å². The average molecular weight is 296 g/mol. The summed E-state index contributed by atoms with van der Waals surface area (Å²) >= 11 is 0. The smallest absolute Gasteiger partial charge is 0.411 e. The van der Waals surface area contributed by atoms with Gasteiger partial charge < -0.3 is 4.74 Å². The molecule has 1 N–H and O–H groups in total. The van der Waals surface area contributed by atoms with Gasteiger partial charge in [0.15, 0.2) is 0 Å². The van der Waals surface area contributed by atoms with Gasteiger partial charge in [0.25, 0.3) is 0 Å². The van der Waals surface area contributed by atoms with Gasteiger partial charge in [-0.2, -0.15) is 4.99 Å². The summed E-state index contributed by atoms with van der Waals surface area (Å²) in [4.78, 5) is 25.0. The molecule has 2 rings (SSSR count). The van der Waals surface area contributed by atoms with Crippen molar-refractivity contribution in [3.05, 3.63) is 59.7 Å². The molecule has 2 aromatic carbocycles. The van der Waals surface area contributed by atoms with Gasteiger partial charge in [-0.15, -0.1) is 0 Å². The minimum Gasteiger partial charge on any atom is -0.450 e. The minimum atomic E-state index is -0.457. The average Bonchev–Trinajstić information content (AvgIpc) is 2.52. The van der Waals surface area contributed by atoms with E-state index in [0.717, 1.165) is 17.5 Å². The lowest BCUT2D eigenvalue weighted by Gasteiger charge is -2.07. The van der Waals surface area contributed by atoms with Crippen molar-refractivity contribution in [3.8, 4) is 0 Å². The van der Waals surface area contributed by atoms with Gasteiger partial charge in [-0.25, -0.2) is 9.59 Å². The lowest BCUT2D eigenvalue weighted by Crippen LogP contribution is -2.13. The number of aliphatic imine (C=N–C) groups is 1. The van der Waals surface area contributed by atoms with Gasteiger partial charge in [0.1, 0.15) is 0 Å².